The molecule has 3 nitrogen and oxygen atoms in total. The summed E-state index contributed by atoms with van der Waals surface area (Å²) in [6, 6.07) is 8.65. The normalized spacial score (nSPS) is 10.3. The van der Waals surface area contributed by atoms with Gasteiger partial charge in [0.05, 0.1) is 23.0 Å². The van der Waals surface area contributed by atoms with E-state index in [1.165, 1.54) is 0 Å². The molecule has 110 valence electrons. The second-order valence-electron chi connectivity index (χ2n) is 4.12. The molecule has 2 rings (SSSR count). The van der Waals surface area contributed by atoms with Crippen LogP contribution in [0.4, 0.5) is 15.8 Å². The summed E-state index contributed by atoms with van der Waals surface area (Å²) in [6.07, 6.45) is 0. The Labute approximate surface area is 143 Å². The van der Waals surface area contributed by atoms with Gasteiger partial charge in [0.2, 0.25) is 0 Å². The molecule has 2 aromatic rings. The Bertz CT molecular complexity index is 710. The number of benzene rings is 2. The van der Waals surface area contributed by atoms with E-state index in [1.54, 1.807) is 31.4 Å². The highest BCUT2D eigenvalue weighted by Gasteiger charge is 2.14. The Morgan fingerprint density at radius 2 is 1.95 bits per heavy atom. The summed E-state index contributed by atoms with van der Waals surface area (Å²) in [5.41, 5.74) is 6.92. The van der Waals surface area contributed by atoms with E-state index in [2.05, 4.69) is 37.2 Å². The lowest BCUT2D eigenvalue weighted by Crippen LogP contribution is -2.11. The van der Waals surface area contributed by atoms with E-state index >= 15 is 0 Å². The number of nitrogens with two attached hydrogens (primary N) is 1. The van der Waals surface area contributed by atoms with Crippen molar-refractivity contribution < 1.29 is 9.13 Å². The number of thiocarbonyl (C=S) groups is 1. The van der Waals surface area contributed by atoms with Crippen LogP contribution in [0.25, 0.3) is 0 Å². The van der Waals surface area contributed by atoms with Gasteiger partial charge in [0.25, 0.3) is 0 Å². The highest BCUT2D eigenvalue weighted by atomic mass is 79.9. The van der Waals surface area contributed by atoms with Crippen LogP contribution in [0.5, 0.6) is 5.75 Å². The number of hydrogen-bond donors (Lipinski definition) is 2. The number of anilines is 2. The van der Waals surface area contributed by atoms with Crippen LogP contribution in [0.2, 0.25) is 0 Å². The Balaban J connectivity index is 2.43. The smallest absolute Gasteiger partial charge is 0.161 e. The summed E-state index contributed by atoms with van der Waals surface area (Å²) in [4.78, 5) is 0.132. The predicted molar refractivity (Wildman–Crippen MR) is 94.0 cm³/mol. The minimum absolute atomic E-state index is 0.132. The van der Waals surface area contributed by atoms with Gasteiger partial charge in [-0.2, -0.15) is 0 Å². The largest absolute Gasteiger partial charge is 0.495 e. The molecule has 0 atom stereocenters. The fraction of sp³-hybridized carbons (Fsp3) is 0.0714. The molecule has 0 spiro atoms. The Kier molecular flexibility index (Phi) is 5.18. The van der Waals surface area contributed by atoms with E-state index in [0.29, 0.717) is 22.7 Å². The summed E-state index contributed by atoms with van der Waals surface area (Å²) in [6.45, 7) is 0. The van der Waals surface area contributed by atoms with E-state index in [1.807, 2.05) is 6.07 Å². The third kappa shape index (κ3) is 3.53. The number of rotatable bonds is 4. The zero-order chi connectivity index (χ0) is 15.6. The van der Waals surface area contributed by atoms with Crippen LogP contribution >= 0.6 is 44.1 Å². The standard InChI is InChI=1S/C14H11Br2FN2OS/c1-20-11-5-2-7(15)6-10(11)19-9-4-3-8(14(18)21)12(16)13(9)17/h2-6,19H,1H3,(H2,18,21). The van der Waals surface area contributed by atoms with Crippen molar-refractivity contribution in [1.82, 2.24) is 0 Å². The molecule has 7 heteroatoms. The monoisotopic (exact) mass is 432 g/mol. The lowest BCUT2D eigenvalue weighted by Gasteiger charge is -2.14. The molecule has 0 unspecified atom stereocenters. The molecule has 21 heavy (non-hydrogen) atoms. The van der Waals surface area contributed by atoms with Gasteiger partial charge in [0.15, 0.2) is 5.82 Å². The van der Waals surface area contributed by atoms with E-state index in [-0.39, 0.29) is 9.46 Å². The molecular weight excluding hydrogens is 423 g/mol. The number of halogens is 3. The van der Waals surface area contributed by atoms with Crippen molar-refractivity contribution in [3.8, 4) is 5.75 Å². The molecule has 0 amide bonds. The summed E-state index contributed by atoms with van der Waals surface area (Å²) in [5, 5.41) is 3.00. The molecule has 0 aliphatic rings. The molecule has 0 saturated carbocycles. The molecule has 0 bridgehead atoms. The van der Waals surface area contributed by atoms with Crippen molar-refractivity contribution in [3.05, 3.63) is 50.7 Å². The summed E-state index contributed by atoms with van der Waals surface area (Å²) < 4.78 is 20.7. The molecule has 0 radical (unpaired) electrons. The molecule has 0 saturated heterocycles. The molecule has 0 heterocycles. The zero-order valence-electron chi connectivity index (χ0n) is 10.9. The Hall–Kier alpha value is -1.18. The Morgan fingerprint density at radius 1 is 1.24 bits per heavy atom. The molecule has 0 aliphatic carbocycles. The lowest BCUT2D eigenvalue weighted by atomic mass is 10.2. The molecule has 0 fully saturated rings. The third-order valence-corrected chi connectivity index (χ3v) is 4.27. The van der Waals surface area contributed by atoms with Gasteiger partial charge in [-0.25, -0.2) is 4.39 Å². The SMILES string of the molecule is COc1ccc(Br)cc1Nc1ccc(C(N)=S)c(Br)c1F. The van der Waals surface area contributed by atoms with Crippen LogP contribution < -0.4 is 15.8 Å². The number of nitrogens with one attached hydrogen (secondary N) is 1. The minimum Gasteiger partial charge on any atom is -0.495 e. The second-order valence-corrected chi connectivity index (χ2v) is 6.27. The first-order valence-electron chi connectivity index (χ1n) is 5.82. The number of ether oxygens (including phenoxy) is 1. The fourth-order valence-corrected chi connectivity index (χ4v) is 2.98. The van der Waals surface area contributed by atoms with E-state index in [9.17, 15) is 4.39 Å². The second kappa shape index (κ2) is 6.72. The van der Waals surface area contributed by atoms with Crippen LogP contribution in [0.3, 0.4) is 0 Å². The van der Waals surface area contributed by atoms with Crippen molar-refractivity contribution in [2.45, 2.75) is 0 Å². The first-order chi connectivity index (χ1) is 9.93. The van der Waals surface area contributed by atoms with Gasteiger partial charge in [-0.1, -0.05) is 28.1 Å². The first kappa shape index (κ1) is 16.2. The highest BCUT2D eigenvalue weighted by Crippen LogP contribution is 2.34. The maximum absolute atomic E-state index is 14.4. The average Bonchev–Trinajstić information content (AvgIpc) is 2.44. The number of hydrogen-bond acceptors (Lipinski definition) is 3. The van der Waals surface area contributed by atoms with Crippen LogP contribution in [-0.4, -0.2) is 12.1 Å². The van der Waals surface area contributed by atoms with Crippen LogP contribution in [-0.2, 0) is 0 Å². The van der Waals surface area contributed by atoms with Gasteiger partial charge in [0.1, 0.15) is 10.7 Å². The fourth-order valence-electron chi connectivity index (χ4n) is 1.76. The summed E-state index contributed by atoms with van der Waals surface area (Å²) in [7, 11) is 1.55. The zero-order valence-corrected chi connectivity index (χ0v) is 14.9. The number of methoxy groups -OCH3 is 1. The van der Waals surface area contributed by atoms with Crippen LogP contribution in [0.15, 0.2) is 39.3 Å². The van der Waals surface area contributed by atoms with E-state index in [0.717, 1.165) is 4.47 Å². The molecule has 0 aliphatic heterocycles. The summed E-state index contributed by atoms with van der Waals surface area (Å²) in [5.74, 6) is 0.134. The van der Waals surface area contributed by atoms with E-state index in [4.69, 9.17) is 22.7 Å². The maximum atomic E-state index is 14.4. The first-order valence-corrected chi connectivity index (χ1v) is 7.82. The molecule has 3 N–H and O–H groups in total. The van der Waals surface area contributed by atoms with Crippen molar-refractivity contribution >= 4 is 60.4 Å². The van der Waals surface area contributed by atoms with Gasteiger partial charge in [-0.3, -0.25) is 0 Å². The van der Waals surface area contributed by atoms with Crippen molar-refractivity contribution in [2.24, 2.45) is 5.73 Å². The maximum Gasteiger partial charge on any atom is 0.161 e. The highest BCUT2D eigenvalue weighted by molar-refractivity contribution is 9.10. The Morgan fingerprint density at radius 3 is 2.57 bits per heavy atom. The van der Waals surface area contributed by atoms with Gasteiger partial charge < -0.3 is 15.8 Å². The molecule has 2 aromatic carbocycles. The van der Waals surface area contributed by atoms with Crippen molar-refractivity contribution in [3.63, 3.8) is 0 Å². The van der Waals surface area contributed by atoms with Crippen molar-refractivity contribution in [2.75, 3.05) is 12.4 Å². The third-order valence-electron chi connectivity index (χ3n) is 2.78. The predicted octanol–water partition coefficient (Wildman–Crippen LogP) is 4.74. The lowest BCUT2D eigenvalue weighted by molar-refractivity contribution is 0.416. The summed E-state index contributed by atoms with van der Waals surface area (Å²) >= 11 is 11.4. The average molecular weight is 434 g/mol. The molecular formula is C14H11Br2FN2OS. The van der Waals surface area contributed by atoms with Gasteiger partial charge in [-0.15, -0.1) is 0 Å². The topological polar surface area (TPSA) is 47.3 Å². The van der Waals surface area contributed by atoms with Crippen LogP contribution in [0.1, 0.15) is 5.56 Å². The van der Waals surface area contributed by atoms with Crippen molar-refractivity contribution in [1.29, 1.82) is 0 Å². The van der Waals surface area contributed by atoms with Gasteiger partial charge in [0, 0.05) is 10.0 Å². The van der Waals surface area contributed by atoms with Gasteiger partial charge in [-0.05, 0) is 46.3 Å². The van der Waals surface area contributed by atoms with Gasteiger partial charge >= 0.3 is 0 Å². The quantitative estimate of drug-likeness (QED) is 0.683. The minimum atomic E-state index is -0.470. The molecule has 0 aromatic heterocycles. The van der Waals surface area contributed by atoms with Crippen LogP contribution in [0, 0.1) is 5.82 Å². The van der Waals surface area contributed by atoms with E-state index < -0.39 is 5.82 Å².